The third-order valence-corrected chi connectivity index (χ3v) is 5.03. The highest BCUT2D eigenvalue weighted by Gasteiger charge is 2.28. The highest BCUT2D eigenvalue weighted by Crippen LogP contribution is 2.25. The zero-order chi connectivity index (χ0) is 16.1. The van der Waals surface area contributed by atoms with Gasteiger partial charge in [-0.25, -0.2) is 4.79 Å². The van der Waals surface area contributed by atoms with E-state index in [1.54, 1.807) is 18.4 Å². The van der Waals surface area contributed by atoms with Gasteiger partial charge in [0.2, 0.25) is 0 Å². The van der Waals surface area contributed by atoms with E-state index in [-0.39, 0.29) is 29.5 Å². The van der Waals surface area contributed by atoms with Gasteiger partial charge in [0.05, 0.1) is 12.2 Å². The Kier molecular flexibility index (Phi) is 5.81. The van der Waals surface area contributed by atoms with Crippen LogP contribution in [0.15, 0.2) is 11.4 Å². The van der Waals surface area contributed by atoms with Crippen molar-refractivity contribution in [2.24, 2.45) is 0 Å². The molecule has 1 aromatic heterocycles. The smallest absolute Gasteiger partial charge is 0.414 e. The lowest BCUT2D eigenvalue weighted by Crippen LogP contribution is -2.37. The largest absolute Gasteiger partial charge is 0.450 e. The third-order valence-electron chi connectivity index (χ3n) is 2.82. The van der Waals surface area contributed by atoms with Gasteiger partial charge in [-0.1, -0.05) is 0 Å². The topological polar surface area (TPSA) is 96.5 Å². The molecular weight excluding hydrogens is 326 g/mol. The van der Waals surface area contributed by atoms with Gasteiger partial charge in [0.25, 0.3) is 11.8 Å². The third kappa shape index (κ3) is 4.21. The van der Waals surface area contributed by atoms with Gasteiger partial charge in [-0.3, -0.25) is 20.2 Å². The number of imide groups is 1. The lowest BCUT2D eigenvalue weighted by atomic mass is 10.3. The first-order valence-electron chi connectivity index (χ1n) is 6.75. The molecule has 0 bridgehead atoms. The lowest BCUT2D eigenvalue weighted by molar-refractivity contribution is -0.116. The molecular formula is C13H17N3O4S2. The summed E-state index contributed by atoms with van der Waals surface area (Å²) in [4.78, 5) is 35.4. The molecule has 0 radical (unpaired) electrons. The summed E-state index contributed by atoms with van der Waals surface area (Å²) >= 11 is 2.74. The van der Waals surface area contributed by atoms with Gasteiger partial charge in [0.1, 0.15) is 10.4 Å². The van der Waals surface area contributed by atoms with Crippen molar-refractivity contribution in [3.63, 3.8) is 0 Å². The summed E-state index contributed by atoms with van der Waals surface area (Å²) in [6.07, 6.45) is -0.808. The summed E-state index contributed by atoms with van der Waals surface area (Å²) in [6, 6.07) is 1.82. The number of thiophene rings is 1. The molecule has 0 saturated carbocycles. The fourth-order valence-electron chi connectivity index (χ4n) is 1.84. The number of carbonyl (C=O) groups is 3. The average Bonchev–Trinajstić information content (AvgIpc) is 3.07. The summed E-state index contributed by atoms with van der Waals surface area (Å²) in [5.41, 5.74) is 0.238. The number of ether oxygens (including phenoxy) is 1. The van der Waals surface area contributed by atoms with Crippen LogP contribution in [0, 0.1) is 0 Å². The van der Waals surface area contributed by atoms with E-state index in [0.29, 0.717) is 5.00 Å². The van der Waals surface area contributed by atoms with Crippen LogP contribution in [-0.2, 0) is 9.53 Å². The van der Waals surface area contributed by atoms with Crippen molar-refractivity contribution >= 4 is 46.0 Å². The number of rotatable bonds is 4. The van der Waals surface area contributed by atoms with Crippen LogP contribution in [-0.4, -0.2) is 41.7 Å². The lowest BCUT2D eigenvalue weighted by Gasteiger charge is -2.11. The maximum absolute atomic E-state index is 12.1. The summed E-state index contributed by atoms with van der Waals surface area (Å²) < 4.78 is 4.66. The van der Waals surface area contributed by atoms with Gasteiger partial charge in [-0.15, -0.1) is 23.1 Å². The zero-order valence-corrected chi connectivity index (χ0v) is 13.8. The van der Waals surface area contributed by atoms with Crippen molar-refractivity contribution < 1.29 is 19.1 Å². The van der Waals surface area contributed by atoms with Gasteiger partial charge < -0.3 is 10.1 Å². The minimum absolute atomic E-state index is 0.176. The SMILES string of the molecule is CCOC(=O)NC(=O)c1ccsc1NC(=O)C1NC(C)CS1. The van der Waals surface area contributed by atoms with E-state index in [2.05, 4.69) is 20.7 Å². The molecule has 22 heavy (non-hydrogen) atoms. The Bertz CT molecular complexity index is 575. The summed E-state index contributed by atoms with van der Waals surface area (Å²) in [7, 11) is 0. The van der Waals surface area contributed by atoms with E-state index in [9.17, 15) is 14.4 Å². The number of hydrogen-bond donors (Lipinski definition) is 3. The second-order valence-electron chi connectivity index (χ2n) is 4.61. The fourth-order valence-corrected chi connectivity index (χ4v) is 3.74. The number of carbonyl (C=O) groups excluding carboxylic acids is 3. The minimum atomic E-state index is -0.808. The molecule has 2 heterocycles. The Morgan fingerprint density at radius 2 is 2.23 bits per heavy atom. The summed E-state index contributed by atoms with van der Waals surface area (Å²) in [6.45, 7) is 3.83. The molecule has 7 nitrogen and oxygen atoms in total. The zero-order valence-electron chi connectivity index (χ0n) is 12.2. The number of hydrogen-bond acceptors (Lipinski definition) is 7. The Balaban J connectivity index is 1.98. The van der Waals surface area contributed by atoms with Crippen molar-refractivity contribution in [1.29, 1.82) is 0 Å². The van der Waals surface area contributed by atoms with Crippen LogP contribution in [0.5, 0.6) is 0 Å². The Hall–Kier alpha value is -1.58. The fraction of sp³-hybridized carbons (Fsp3) is 0.462. The normalized spacial score (nSPS) is 20.5. The van der Waals surface area contributed by atoms with E-state index in [4.69, 9.17) is 0 Å². The molecule has 120 valence electrons. The highest BCUT2D eigenvalue weighted by molar-refractivity contribution is 8.00. The molecule has 1 saturated heterocycles. The average molecular weight is 343 g/mol. The molecule has 1 aliphatic heterocycles. The molecule has 2 rings (SSSR count). The van der Waals surface area contributed by atoms with Gasteiger partial charge in [0.15, 0.2) is 0 Å². The standard InChI is InChI=1S/C13H17N3O4S2/c1-3-20-13(19)16-9(17)8-4-5-21-11(8)15-10(18)12-14-7(2)6-22-12/h4-5,7,12,14H,3,6H2,1-2H3,(H,15,18)(H,16,17,19). The first kappa shape index (κ1) is 16.8. The predicted molar refractivity (Wildman–Crippen MR) is 86.3 cm³/mol. The molecule has 9 heteroatoms. The van der Waals surface area contributed by atoms with E-state index < -0.39 is 12.0 Å². The van der Waals surface area contributed by atoms with Gasteiger partial charge in [-0.2, -0.15) is 0 Å². The first-order valence-corrected chi connectivity index (χ1v) is 8.68. The van der Waals surface area contributed by atoms with Crippen molar-refractivity contribution in [2.75, 3.05) is 17.7 Å². The predicted octanol–water partition coefficient (Wildman–Crippen LogP) is 1.62. The molecule has 1 aromatic rings. The molecule has 0 aliphatic carbocycles. The minimum Gasteiger partial charge on any atom is -0.450 e. The molecule has 1 fully saturated rings. The second-order valence-corrected chi connectivity index (χ2v) is 6.66. The molecule has 3 amide bonds. The monoisotopic (exact) mass is 343 g/mol. The van der Waals surface area contributed by atoms with E-state index in [1.165, 1.54) is 23.1 Å². The number of thioether (sulfide) groups is 1. The number of amides is 3. The van der Waals surface area contributed by atoms with E-state index >= 15 is 0 Å². The quantitative estimate of drug-likeness (QED) is 0.769. The molecule has 3 N–H and O–H groups in total. The maximum atomic E-state index is 12.1. The number of nitrogens with one attached hydrogen (secondary N) is 3. The summed E-state index contributed by atoms with van der Waals surface area (Å²) in [5, 5.41) is 9.72. The first-order chi connectivity index (χ1) is 10.5. The van der Waals surface area contributed by atoms with Crippen LogP contribution in [0.25, 0.3) is 0 Å². The van der Waals surface area contributed by atoms with Crippen LogP contribution in [0.2, 0.25) is 0 Å². The highest BCUT2D eigenvalue weighted by atomic mass is 32.2. The molecule has 2 unspecified atom stereocenters. The van der Waals surface area contributed by atoms with Crippen LogP contribution in [0.3, 0.4) is 0 Å². The van der Waals surface area contributed by atoms with Crippen LogP contribution >= 0.6 is 23.1 Å². The van der Waals surface area contributed by atoms with E-state index in [0.717, 1.165) is 5.75 Å². The number of alkyl carbamates (subject to hydrolysis) is 1. The van der Waals surface area contributed by atoms with Crippen molar-refractivity contribution in [2.45, 2.75) is 25.3 Å². The second kappa shape index (κ2) is 7.61. The van der Waals surface area contributed by atoms with Gasteiger partial charge >= 0.3 is 6.09 Å². The van der Waals surface area contributed by atoms with Gasteiger partial charge in [-0.05, 0) is 25.3 Å². The molecule has 0 spiro atoms. The van der Waals surface area contributed by atoms with Crippen LogP contribution < -0.4 is 16.0 Å². The van der Waals surface area contributed by atoms with Crippen molar-refractivity contribution in [1.82, 2.24) is 10.6 Å². The van der Waals surface area contributed by atoms with Crippen molar-refractivity contribution in [3.8, 4) is 0 Å². The molecule has 0 aromatic carbocycles. The van der Waals surface area contributed by atoms with Crippen molar-refractivity contribution in [3.05, 3.63) is 17.0 Å². The van der Waals surface area contributed by atoms with Crippen LogP contribution in [0.4, 0.5) is 9.80 Å². The summed E-state index contributed by atoms with van der Waals surface area (Å²) in [5.74, 6) is 0.0519. The molecule has 1 aliphatic rings. The van der Waals surface area contributed by atoms with Crippen LogP contribution in [0.1, 0.15) is 24.2 Å². The Labute approximate surface area is 136 Å². The number of anilines is 1. The van der Waals surface area contributed by atoms with E-state index in [1.807, 2.05) is 6.92 Å². The van der Waals surface area contributed by atoms with Gasteiger partial charge in [0, 0.05) is 11.8 Å². The maximum Gasteiger partial charge on any atom is 0.414 e. The molecule has 2 atom stereocenters. The Morgan fingerprint density at radius 3 is 2.86 bits per heavy atom. The Morgan fingerprint density at radius 1 is 1.45 bits per heavy atom.